The smallest absolute Gasteiger partial charge is 0.226 e. The molecule has 4 nitrogen and oxygen atoms in total. The molecule has 0 aliphatic heterocycles. The van der Waals surface area contributed by atoms with Crippen LogP contribution in [0.25, 0.3) is 0 Å². The fourth-order valence-corrected chi connectivity index (χ4v) is 1.08. The molecule has 0 aliphatic carbocycles. The highest BCUT2D eigenvalue weighted by Crippen LogP contribution is 2.13. The van der Waals surface area contributed by atoms with Crippen LogP contribution >= 0.6 is 0 Å². The van der Waals surface area contributed by atoms with Gasteiger partial charge in [-0.25, -0.2) is 4.98 Å². The average molecular weight is 207 g/mol. The fourth-order valence-electron chi connectivity index (χ4n) is 1.08. The topological polar surface area (TPSA) is 47.0 Å². The van der Waals surface area contributed by atoms with Gasteiger partial charge >= 0.3 is 0 Å². The molecular weight excluding hydrogens is 190 g/mol. The number of aryl methyl sites for hydroxylation is 1. The first kappa shape index (κ1) is 11.5. The van der Waals surface area contributed by atoms with Crippen molar-refractivity contribution < 1.29 is 4.74 Å². The minimum absolute atomic E-state index is 0.117. The van der Waals surface area contributed by atoms with E-state index in [-0.39, 0.29) is 6.10 Å². The van der Waals surface area contributed by atoms with E-state index in [9.17, 15) is 0 Å². The SMILES string of the molecule is C=CCNc1nc(C)cc(OC(C)C)n1. The second-order valence-electron chi connectivity index (χ2n) is 3.51. The number of hydrogen-bond donors (Lipinski definition) is 1. The molecule has 0 atom stereocenters. The number of anilines is 1. The minimum Gasteiger partial charge on any atom is -0.475 e. The van der Waals surface area contributed by atoms with Gasteiger partial charge in [0.25, 0.3) is 0 Å². The van der Waals surface area contributed by atoms with Crippen LogP contribution in [0.3, 0.4) is 0 Å². The molecule has 4 heteroatoms. The van der Waals surface area contributed by atoms with Crippen molar-refractivity contribution >= 4 is 5.95 Å². The Morgan fingerprint density at radius 2 is 2.27 bits per heavy atom. The van der Waals surface area contributed by atoms with Crippen LogP contribution in [0.4, 0.5) is 5.95 Å². The van der Waals surface area contributed by atoms with Crippen molar-refractivity contribution in [3.05, 3.63) is 24.4 Å². The summed E-state index contributed by atoms with van der Waals surface area (Å²) in [5.74, 6) is 1.18. The first-order valence-corrected chi connectivity index (χ1v) is 4.99. The van der Waals surface area contributed by atoms with Crippen LogP contribution < -0.4 is 10.1 Å². The Bertz CT molecular complexity index is 337. The molecule has 1 aromatic rings. The van der Waals surface area contributed by atoms with E-state index in [4.69, 9.17) is 4.74 Å². The predicted octanol–water partition coefficient (Wildman–Crippen LogP) is 2.17. The van der Waals surface area contributed by atoms with Crippen molar-refractivity contribution in [2.75, 3.05) is 11.9 Å². The van der Waals surface area contributed by atoms with Gasteiger partial charge in [0.1, 0.15) is 0 Å². The molecule has 0 aliphatic rings. The van der Waals surface area contributed by atoms with Gasteiger partial charge in [0, 0.05) is 18.3 Å². The van der Waals surface area contributed by atoms with Crippen LogP contribution in [0, 0.1) is 6.92 Å². The molecule has 0 fully saturated rings. The van der Waals surface area contributed by atoms with Gasteiger partial charge in [-0.2, -0.15) is 4.98 Å². The third kappa shape index (κ3) is 3.97. The third-order valence-corrected chi connectivity index (χ3v) is 1.59. The first-order valence-electron chi connectivity index (χ1n) is 4.99. The van der Waals surface area contributed by atoms with Crippen LogP contribution in [0.15, 0.2) is 18.7 Å². The van der Waals surface area contributed by atoms with Gasteiger partial charge in [0.15, 0.2) is 0 Å². The predicted molar refractivity (Wildman–Crippen MR) is 61.2 cm³/mol. The molecule has 1 aromatic heterocycles. The Morgan fingerprint density at radius 3 is 2.87 bits per heavy atom. The standard InChI is InChI=1S/C11H17N3O/c1-5-6-12-11-13-9(4)7-10(14-11)15-8(2)3/h5,7-8H,1,6H2,2-4H3,(H,12,13,14). The zero-order valence-electron chi connectivity index (χ0n) is 9.45. The van der Waals surface area contributed by atoms with Crippen LogP contribution in [-0.4, -0.2) is 22.6 Å². The van der Waals surface area contributed by atoms with E-state index in [1.807, 2.05) is 26.8 Å². The Balaban J connectivity index is 2.79. The van der Waals surface area contributed by atoms with Crippen LogP contribution in [-0.2, 0) is 0 Å². The largest absolute Gasteiger partial charge is 0.475 e. The quantitative estimate of drug-likeness (QED) is 0.752. The highest BCUT2D eigenvalue weighted by molar-refractivity contribution is 5.31. The Labute approximate surface area is 90.4 Å². The molecular formula is C11H17N3O. The monoisotopic (exact) mass is 207 g/mol. The summed E-state index contributed by atoms with van der Waals surface area (Å²) in [5, 5.41) is 3.03. The lowest BCUT2D eigenvalue weighted by Crippen LogP contribution is -2.10. The lowest BCUT2D eigenvalue weighted by atomic mass is 10.4. The number of rotatable bonds is 5. The lowest BCUT2D eigenvalue weighted by molar-refractivity contribution is 0.232. The van der Waals surface area contributed by atoms with Crippen LogP contribution in [0.1, 0.15) is 19.5 Å². The second-order valence-corrected chi connectivity index (χ2v) is 3.51. The summed E-state index contributed by atoms with van der Waals surface area (Å²) in [7, 11) is 0. The number of nitrogens with one attached hydrogen (secondary N) is 1. The van der Waals surface area contributed by atoms with Gasteiger partial charge in [0.05, 0.1) is 6.10 Å². The van der Waals surface area contributed by atoms with Crippen molar-refractivity contribution in [1.82, 2.24) is 9.97 Å². The molecule has 0 saturated carbocycles. The highest BCUT2D eigenvalue weighted by atomic mass is 16.5. The second kappa shape index (κ2) is 5.34. The molecule has 1 N–H and O–H groups in total. The fraction of sp³-hybridized carbons (Fsp3) is 0.455. The van der Waals surface area contributed by atoms with E-state index < -0.39 is 0 Å². The minimum atomic E-state index is 0.117. The summed E-state index contributed by atoms with van der Waals surface area (Å²) in [6, 6.07) is 1.82. The molecule has 0 bridgehead atoms. The Hall–Kier alpha value is -1.58. The molecule has 0 amide bonds. The number of ether oxygens (including phenoxy) is 1. The number of aromatic nitrogens is 2. The van der Waals surface area contributed by atoms with E-state index in [2.05, 4.69) is 21.9 Å². The van der Waals surface area contributed by atoms with Crippen molar-refractivity contribution in [2.45, 2.75) is 26.9 Å². The molecule has 0 spiro atoms. The summed E-state index contributed by atoms with van der Waals surface area (Å²) in [5.41, 5.74) is 0.882. The van der Waals surface area contributed by atoms with Crippen LogP contribution in [0.2, 0.25) is 0 Å². The zero-order chi connectivity index (χ0) is 11.3. The summed E-state index contributed by atoms with van der Waals surface area (Å²) in [6.07, 6.45) is 1.88. The van der Waals surface area contributed by atoms with Crippen LogP contribution in [0.5, 0.6) is 5.88 Å². The Morgan fingerprint density at radius 1 is 1.53 bits per heavy atom. The van der Waals surface area contributed by atoms with E-state index in [1.54, 1.807) is 6.08 Å². The normalized spacial score (nSPS) is 10.1. The van der Waals surface area contributed by atoms with Crippen molar-refractivity contribution in [2.24, 2.45) is 0 Å². The van der Waals surface area contributed by atoms with Gasteiger partial charge in [-0.3, -0.25) is 0 Å². The molecule has 15 heavy (non-hydrogen) atoms. The van der Waals surface area contributed by atoms with Gasteiger partial charge in [0.2, 0.25) is 11.8 Å². The lowest BCUT2D eigenvalue weighted by Gasteiger charge is -2.10. The van der Waals surface area contributed by atoms with Gasteiger partial charge in [-0.05, 0) is 20.8 Å². The molecule has 0 unspecified atom stereocenters. The summed E-state index contributed by atoms with van der Waals surface area (Å²) in [4.78, 5) is 8.45. The van der Waals surface area contributed by atoms with Gasteiger partial charge in [-0.15, -0.1) is 6.58 Å². The van der Waals surface area contributed by atoms with Crippen molar-refractivity contribution in [1.29, 1.82) is 0 Å². The first-order chi connectivity index (χ1) is 7.11. The van der Waals surface area contributed by atoms with E-state index in [0.29, 0.717) is 18.4 Å². The maximum atomic E-state index is 5.50. The van der Waals surface area contributed by atoms with Crippen molar-refractivity contribution in [3.8, 4) is 5.88 Å². The number of hydrogen-bond acceptors (Lipinski definition) is 4. The molecule has 1 rings (SSSR count). The average Bonchev–Trinajstić information content (AvgIpc) is 2.12. The van der Waals surface area contributed by atoms with Gasteiger partial charge in [-0.1, -0.05) is 6.08 Å². The summed E-state index contributed by atoms with van der Waals surface area (Å²) in [6.45, 7) is 10.1. The van der Waals surface area contributed by atoms with Crippen molar-refractivity contribution in [3.63, 3.8) is 0 Å². The molecule has 1 heterocycles. The van der Waals surface area contributed by atoms with Gasteiger partial charge < -0.3 is 10.1 Å². The summed E-state index contributed by atoms with van der Waals surface area (Å²) < 4.78 is 5.50. The zero-order valence-corrected chi connectivity index (χ0v) is 9.45. The molecule has 0 saturated heterocycles. The van der Waals surface area contributed by atoms with E-state index >= 15 is 0 Å². The summed E-state index contributed by atoms with van der Waals surface area (Å²) >= 11 is 0. The Kier molecular flexibility index (Phi) is 4.09. The van der Waals surface area contributed by atoms with E-state index in [1.165, 1.54) is 0 Å². The third-order valence-electron chi connectivity index (χ3n) is 1.59. The maximum absolute atomic E-state index is 5.50. The molecule has 82 valence electrons. The molecule has 0 aromatic carbocycles. The molecule has 0 radical (unpaired) electrons. The maximum Gasteiger partial charge on any atom is 0.226 e. The number of nitrogens with zero attached hydrogens (tertiary/aromatic N) is 2. The highest BCUT2D eigenvalue weighted by Gasteiger charge is 2.03. The van der Waals surface area contributed by atoms with E-state index in [0.717, 1.165) is 5.69 Å².